The number of benzene rings is 2. The average Bonchev–Trinajstić information content (AvgIpc) is 3.02. The Hall–Kier alpha value is -3.40. The number of aryl methyl sites for hydroxylation is 2. The maximum atomic E-state index is 13.6. The number of nitrogens with one attached hydrogen (secondary N) is 2. The Morgan fingerprint density at radius 2 is 1.73 bits per heavy atom. The highest BCUT2D eigenvalue weighted by atomic mass is 35.5. The van der Waals surface area contributed by atoms with Crippen molar-refractivity contribution in [3.8, 4) is 0 Å². The minimum absolute atomic E-state index is 0.0293. The van der Waals surface area contributed by atoms with E-state index < -0.39 is 64.8 Å². The van der Waals surface area contributed by atoms with E-state index in [2.05, 4.69) is 10.6 Å². The smallest absolute Gasteiger partial charge is 0.347 e. The van der Waals surface area contributed by atoms with Gasteiger partial charge in [0.15, 0.2) is 6.10 Å². The highest BCUT2D eigenvalue weighted by molar-refractivity contribution is 6.31. The van der Waals surface area contributed by atoms with Crippen LogP contribution in [0, 0.1) is 31.1 Å². The van der Waals surface area contributed by atoms with Gasteiger partial charge in [0.2, 0.25) is 11.8 Å². The number of hydrogen-bond acceptors (Lipinski definition) is 7. The molecule has 0 fully saturated rings. The number of halogens is 2. The fraction of sp³-hybridized carbons (Fsp3) is 0.514. The summed E-state index contributed by atoms with van der Waals surface area (Å²) < 4.78 is 11.7. The SMILES string of the molecule is Cc1cccc([C@H](Cl)[C@H](O)[C@@H](C)[C@@H]2C/C=C/C(=O)N[C@H](Cc3ccc(C)c(Cl)c3)C(=O)NCC(C)(C)C(=O)O[C@@H](CC(C)C)C(=O)O2)c1. The number of aliphatic hydroxyl groups is 1. The highest BCUT2D eigenvalue weighted by Crippen LogP contribution is 2.32. The normalized spacial score (nSPS) is 23.7. The van der Waals surface area contributed by atoms with Gasteiger partial charge in [-0.1, -0.05) is 80.4 Å². The minimum atomic E-state index is -1.23. The summed E-state index contributed by atoms with van der Waals surface area (Å²) in [6, 6.07) is 11.9. The summed E-state index contributed by atoms with van der Waals surface area (Å²) in [5.74, 6) is -3.25. The summed E-state index contributed by atoms with van der Waals surface area (Å²) in [6.07, 6.45) is -0.159. The van der Waals surface area contributed by atoms with E-state index in [1.165, 1.54) is 12.2 Å². The molecule has 0 aromatic heterocycles. The Morgan fingerprint density at radius 3 is 2.38 bits per heavy atom. The molecule has 3 N–H and O–H groups in total. The highest BCUT2D eigenvalue weighted by Gasteiger charge is 2.38. The van der Waals surface area contributed by atoms with Crippen LogP contribution in [0.1, 0.15) is 75.1 Å². The number of carbonyl (C=O) groups excluding carboxylic acids is 4. The zero-order valence-electron chi connectivity index (χ0n) is 28.7. The van der Waals surface area contributed by atoms with E-state index in [0.29, 0.717) is 10.6 Å². The molecule has 0 radical (unpaired) electrons. The van der Waals surface area contributed by atoms with E-state index in [4.69, 9.17) is 32.7 Å². The lowest BCUT2D eigenvalue weighted by molar-refractivity contribution is -0.180. The molecular formula is C37H48Cl2N2O7. The quantitative estimate of drug-likeness (QED) is 0.230. The van der Waals surface area contributed by atoms with Crippen LogP contribution in [0.4, 0.5) is 0 Å². The molecule has 1 aliphatic rings. The topological polar surface area (TPSA) is 131 Å². The number of aliphatic hydroxyl groups excluding tert-OH is 1. The Balaban J connectivity index is 1.97. The van der Waals surface area contributed by atoms with E-state index in [0.717, 1.165) is 16.7 Å². The van der Waals surface area contributed by atoms with Crippen molar-refractivity contribution in [3.05, 3.63) is 81.9 Å². The predicted molar refractivity (Wildman–Crippen MR) is 187 cm³/mol. The first kappa shape index (κ1) is 39.0. The fourth-order valence-electron chi connectivity index (χ4n) is 5.27. The molecule has 0 bridgehead atoms. The third kappa shape index (κ3) is 11.1. The van der Waals surface area contributed by atoms with Crippen molar-refractivity contribution in [3.63, 3.8) is 0 Å². The third-order valence-electron chi connectivity index (χ3n) is 8.45. The van der Waals surface area contributed by atoms with Gasteiger partial charge < -0.3 is 25.2 Å². The number of hydrogen-bond donors (Lipinski definition) is 3. The second kappa shape index (κ2) is 17.3. The molecule has 2 aromatic rings. The van der Waals surface area contributed by atoms with Crippen LogP contribution < -0.4 is 10.6 Å². The maximum Gasteiger partial charge on any atom is 0.347 e. The van der Waals surface area contributed by atoms with Gasteiger partial charge >= 0.3 is 11.9 Å². The summed E-state index contributed by atoms with van der Waals surface area (Å²) in [5.41, 5.74) is 2.06. The Bertz CT molecular complexity index is 1490. The molecule has 0 aliphatic carbocycles. The zero-order chi connectivity index (χ0) is 35.8. The monoisotopic (exact) mass is 702 g/mol. The lowest BCUT2D eigenvalue weighted by Crippen LogP contribution is -2.51. The summed E-state index contributed by atoms with van der Waals surface area (Å²) in [4.78, 5) is 53.6. The number of amides is 2. The van der Waals surface area contributed by atoms with Crippen LogP contribution in [0.5, 0.6) is 0 Å². The Morgan fingerprint density at radius 1 is 1.02 bits per heavy atom. The van der Waals surface area contributed by atoms with Gasteiger partial charge in [-0.15, -0.1) is 11.6 Å². The molecule has 6 atom stereocenters. The van der Waals surface area contributed by atoms with Crippen molar-refractivity contribution in [1.29, 1.82) is 0 Å². The Labute approximate surface area is 293 Å². The van der Waals surface area contributed by atoms with Crippen LogP contribution in [0.25, 0.3) is 0 Å². The first-order valence-electron chi connectivity index (χ1n) is 16.3. The predicted octanol–water partition coefficient (Wildman–Crippen LogP) is 5.93. The molecule has 11 heteroatoms. The van der Waals surface area contributed by atoms with E-state index in [1.54, 1.807) is 26.8 Å². The van der Waals surface area contributed by atoms with E-state index >= 15 is 0 Å². The van der Waals surface area contributed by atoms with Gasteiger partial charge in [-0.05, 0) is 68.9 Å². The van der Waals surface area contributed by atoms with Gasteiger partial charge in [0.05, 0.1) is 16.9 Å². The first-order chi connectivity index (χ1) is 22.5. The van der Waals surface area contributed by atoms with Gasteiger partial charge in [-0.25, -0.2) is 4.79 Å². The molecule has 0 unspecified atom stereocenters. The molecule has 48 heavy (non-hydrogen) atoms. The molecule has 0 spiro atoms. The van der Waals surface area contributed by atoms with Crippen molar-refractivity contribution in [2.45, 2.75) is 97.5 Å². The van der Waals surface area contributed by atoms with Crippen LogP contribution >= 0.6 is 23.2 Å². The van der Waals surface area contributed by atoms with Crippen molar-refractivity contribution >= 4 is 47.0 Å². The summed E-state index contributed by atoms with van der Waals surface area (Å²) >= 11 is 13.1. The van der Waals surface area contributed by atoms with Crippen LogP contribution in [-0.2, 0) is 35.1 Å². The van der Waals surface area contributed by atoms with Crippen molar-refractivity contribution < 1.29 is 33.8 Å². The molecule has 262 valence electrons. The summed E-state index contributed by atoms with van der Waals surface area (Å²) in [5, 5.41) is 16.6. The second-order valence-corrected chi connectivity index (χ2v) is 14.6. The maximum absolute atomic E-state index is 13.6. The fourth-order valence-corrected chi connectivity index (χ4v) is 5.84. The van der Waals surface area contributed by atoms with Crippen molar-refractivity contribution in [1.82, 2.24) is 10.6 Å². The number of cyclic esters (lactones) is 2. The van der Waals surface area contributed by atoms with Gasteiger partial charge in [0, 0.05) is 30.3 Å². The molecule has 0 saturated carbocycles. The molecule has 2 amide bonds. The van der Waals surface area contributed by atoms with E-state index in [-0.39, 0.29) is 31.7 Å². The van der Waals surface area contributed by atoms with Crippen LogP contribution in [-0.4, -0.2) is 59.8 Å². The van der Waals surface area contributed by atoms with Crippen molar-refractivity contribution in [2.75, 3.05) is 6.54 Å². The number of ether oxygens (including phenoxy) is 2. The number of rotatable bonds is 8. The number of alkyl halides is 1. The molecule has 0 saturated heterocycles. The standard InChI is InChI=1S/C37H48Cl2N2O7/c1-21(2)16-30-35(45)47-29(24(5)33(43)32(39)26-11-8-10-22(3)17-26)12-9-13-31(42)41-28(19-25-15-14-23(4)27(38)18-25)34(44)40-20-37(6,7)36(46)48-30/h8-11,13-15,17-18,21,24,28-30,32-33,43H,12,16,19-20H2,1-7H3,(H,40,44)(H,41,42)/b13-9+/t24-,28+,29-,30-,32-,33+/m0/s1. The molecule has 3 rings (SSSR count). The summed E-state index contributed by atoms with van der Waals surface area (Å²) in [6.45, 7) is 12.3. The van der Waals surface area contributed by atoms with Crippen LogP contribution in [0.2, 0.25) is 5.02 Å². The molecule has 1 heterocycles. The number of esters is 2. The molecule has 9 nitrogen and oxygen atoms in total. The lowest BCUT2D eigenvalue weighted by Gasteiger charge is -2.32. The summed E-state index contributed by atoms with van der Waals surface area (Å²) in [7, 11) is 0. The minimum Gasteiger partial charge on any atom is -0.459 e. The molecule has 1 aliphatic heterocycles. The van der Waals surface area contributed by atoms with E-state index in [9.17, 15) is 24.3 Å². The van der Waals surface area contributed by atoms with Gasteiger partial charge in [0.1, 0.15) is 12.1 Å². The zero-order valence-corrected chi connectivity index (χ0v) is 30.2. The van der Waals surface area contributed by atoms with Gasteiger partial charge in [0.25, 0.3) is 0 Å². The second-order valence-electron chi connectivity index (χ2n) is 13.8. The van der Waals surface area contributed by atoms with Gasteiger partial charge in [-0.3, -0.25) is 14.4 Å². The molecular weight excluding hydrogens is 655 g/mol. The largest absolute Gasteiger partial charge is 0.459 e. The van der Waals surface area contributed by atoms with Gasteiger partial charge in [-0.2, -0.15) is 0 Å². The van der Waals surface area contributed by atoms with Crippen LogP contribution in [0.3, 0.4) is 0 Å². The molecule has 2 aromatic carbocycles. The number of carbonyl (C=O) groups is 4. The van der Waals surface area contributed by atoms with Crippen molar-refractivity contribution in [2.24, 2.45) is 17.3 Å². The average molecular weight is 704 g/mol. The first-order valence-corrected chi connectivity index (χ1v) is 17.1. The lowest BCUT2D eigenvalue weighted by atomic mass is 9.90. The Kier molecular flexibility index (Phi) is 14.1. The van der Waals surface area contributed by atoms with Crippen LogP contribution in [0.15, 0.2) is 54.6 Å². The van der Waals surface area contributed by atoms with E-state index in [1.807, 2.05) is 64.1 Å². The third-order valence-corrected chi connectivity index (χ3v) is 9.37.